The third-order valence-corrected chi connectivity index (χ3v) is 6.21. The number of piperidine rings is 1. The van der Waals surface area contributed by atoms with Crippen molar-refractivity contribution in [2.45, 2.75) is 45.1 Å². The summed E-state index contributed by atoms with van der Waals surface area (Å²) in [6.45, 7) is 6.95. The standard InChI is InChI=1S/C19H23FN2O2S/c1-12(2)17-21-13(3)16(25-17)18(23)22-10-8-19(24,9-11-22)14-4-6-15(20)7-5-14/h4-7,12,24H,8-11H2,1-3H3. The van der Waals surface area contributed by atoms with E-state index < -0.39 is 5.60 Å². The first-order chi connectivity index (χ1) is 11.8. The van der Waals surface area contributed by atoms with Crippen LogP contribution in [0.3, 0.4) is 0 Å². The third-order valence-electron chi connectivity index (χ3n) is 4.76. The molecule has 0 unspecified atom stereocenters. The molecule has 1 amide bonds. The second-order valence-corrected chi connectivity index (χ2v) is 7.98. The molecular weight excluding hydrogens is 339 g/mol. The molecular formula is C19H23FN2O2S. The number of halogens is 1. The van der Waals surface area contributed by atoms with Crippen LogP contribution < -0.4 is 0 Å². The molecule has 0 atom stereocenters. The van der Waals surface area contributed by atoms with Crippen LogP contribution >= 0.6 is 11.3 Å². The number of rotatable bonds is 3. The lowest BCUT2D eigenvalue weighted by atomic mass is 9.84. The molecule has 0 radical (unpaired) electrons. The van der Waals surface area contributed by atoms with Crippen molar-refractivity contribution < 1.29 is 14.3 Å². The molecule has 0 spiro atoms. The van der Waals surface area contributed by atoms with Crippen LogP contribution in [0.2, 0.25) is 0 Å². The Balaban J connectivity index is 1.71. The maximum Gasteiger partial charge on any atom is 0.265 e. The molecule has 2 heterocycles. The first-order valence-electron chi connectivity index (χ1n) is 8.55. The van der Waals surface area contributed by atoms with E-state index in [1.807, 2.05) is 6.92 Å². The first-order valence-corrected chi connectivity index (χ1v) is 9.37. The van der Waals surface area contributed by atoms with Gasteiger partial charge in [-0.15, -0.1) is 11.3 Å². The largest absolute Gasteiger partial charge is 0.385 e. The quantitative estimate of drug-likeness (QED) is 0.903. The fourth-order valence-electron chi connectivity index (χ4n) is 3.13. The second kappa shape index (κ2) is 6.84. The molecule has 1 N–H and O–H groups in total. The van der Waals surface area contributed by atoms with Gasteiger partial charge in [-0.2, -0.15) is 0 Å². The van der Waals surface area contributed by atoms with E-state index in [2.05, 4.69) is 18.8 Å². The van der Waals surface area contributed by atoms with Crippen LogP contribution in [0.4, 0.5) is 4.39 Å². The minimum absolute atomic E-state index is 0.0111. The van der Waals surface area contributed by atoms with Crippen molar-refractivity contribution in [1.82, 2.24) is 9.88 Å². The number of aryl methyl sites for hydroxylation is 1. The molecule has 1 aliphatic heterocycles. The van der Waals surface area contributed by atoms with Gasteiger partial charge in [0.05, 0.1) is 16.3 Å². The van der Waals surface area contributed by atoms with Crippen LogP contribution in [0.5, 0.6) is 0 Å². The molecule has 1 fully saturated rings. The summed E-state index contributed by atoms with van der Waals surface area (Å²) in [5.41, 5.74) is 0.478. The first kappa shape index (κ1) is 18.0. The average molecular weight is 362 g/mol. The molecule has 0 aliphatic carbocycles. The number of thiazole rings is 1. The number of hydrogen-bond acceptors (Lipinski definition) is 4. The Labute approximate surface area is 151 Å². The Morgan fingerprint density at radius 1 is 1.28 bits per heavy atom. The van der Waals surface area contributed by atoms with Crippen LogP contribution in [0.1, 0.15) is 58.5 Å². The molecule has 134 valence electrons. The summed E-state index contributed by atoms with van der Waals surface area (Å²) in [5.74, 6) is -0.0279. The van der Waals surface area contributed by atoms with Gasteiger partial charge in [-0.3, -0.25) is 4.79 Å². The highest BCUT2D eigenvalue weighted by atomic mass is 32.1. The monoisotopic (exact) mass is 362 g/mol. The zero-order valence-electron chi connectivity index (χ0n) is 14.8. The highest BCUT2D eigenvalue weighted by molar-refractivity contribution is 7.13. The minimum atomic E-state index is -1.00. The van der Waals surface area contributed by atoms with E-state index in [-0.39, 0.29) is 11.7 Å². The van der Waals surface area contributed by atoms with Crippen molar-refractivity contribution in [2.24, 2.45) is 0 Å². The predicted molar refractivity (Wildman–Crippen MR) is 96.4 cm³/mol. The number of benzene rings is 1. The van der Waals surface area contributed by atoms with Gasteiger partial charge in [0.1, 0.15) is 10.7 Å². The average Bonchev–Trinajstić information content (AvgIpc) is 2.97. The van der Waals surface area contributed by atoms with Crippen molar-refractivity contribution in [1.29, 1.82) is 0 Å². The van der Waals surface area contributed by atoms with E-state index in [1.54, 1.807) is 17.0 Å². The Morgan fingerprint density at radius 2 is 1.88 bits per heavy atom. The Bertz CT molecular complexity index is 762. The summed E-state index contributed by atoms with van der Waals surface area (Å²) in [6, 6.07) is 5.96. The molecule has 4 nitrogen and oxygen atoms in total. The van der Waals surface area contributed by atoms with E-state index in [0.717, 1.165) is 10.7 Å². The summed E-state index contributed by atoms with van der Waals surface area (Å²) in [4.78, 5) is 19.8. The molecule has 6 heteroatoms. The Kier molecular flexibility index (Phi) is 4.93. The highest BCUT2D eigenvalue weighted by Crippen LogP contribution is 2.34. The molecule has 2 aromatic rings. The molecule has 0 saturated carbocycles. The predicted octanol–water partition coefficient (Wildman–Crippen LogP) is 3.84. The summed E-state index contributed by atoms with van der Waals surface area (Å²) in [5, 5.41) is 11.8. The fourth-order valence-corrected chi connectivity index (χ4v) is 4.17. The zero-order chi connectivity index (χ0) is 18.2. The van der Waals surface area contributed by atoms with Crippen LogP contribution in [0, 0.1) is 12.7 Å². The number of hydrogen-bond donors (Lipinski definition) is 1. The van der Waals surface area contributed by atoms with Gasteiger partial charge in [0, 0.05) is 19.0 Å². The van der Waals surface area contributed by atoms with Crippen LogP contribution in [-0.2, 0) is 5.60 Å². The summed E-state index contributed by atoms with van der Waals surface area (Å²) in [6.07, 6.45) is 0.887. The van der Waals surface area contributed by atoms with Gasteiger partial charge in [-0.25, -0.2) is 9.37 Å². The van der Waals surface area contributed by atoms with E-state index in [4.69, 9.17) is 0 Å². The number of aromatic nitrogens is 1. The molecule has 3 rings (SSSR count). The van der Waals surface area contributed by atoms with Gasteiger partial charge in [-0.05, 0) is 37.5 Å². The lowest BCUT2D eigenvalue weighted by Crippen LogP contribution is -2.45. The van der Waals surface area contributed by atoms with Gasteiger partial charge in [-0.1, -0.05) is 26.0 Å². The van der Waals surface area contributed by atoms with Crippen LogP contribution in [-0.4, -0.2) is 34.0 Å². The van der Waals surface area contributed by atoms with E-state index >= 15 is 0 Å². The zero-order valence-corrected chi connectivity index (χ0v) is 15.6. The van der Waals surface area contributed by atoms with Crippen molar-refractivity contribution in [2.75, 3.05) is 13.1 Å². The molecule has 1 aromatic heterocycles. The number of likely N-dealkylation sites (tertiary alicyclic amines) is 1. The SMILES string of the molecule is Cc1nc(C(C)C)sc1C(=O)N1CCC(O)(c2ccc(F)cc2)CC1. The number of carbonyl (C=O) groups excluding carboxylic acids is 1. The number of aliphatic hydroxyl groups is 1. The van der Waals surface area contributed by atoms with E-state index in [9.17, 15) is 14.3 Å². The topological polar surface area (TPSA) is 53.4 Å². The highest BCUT2D eigenvalue weighted by Gasteiger charge is 2.36. The number of carbonyl (C=O) groups is 1. The van der Waals surface area contributed by atoms with Crippen LogP contribution in [0.15, 0.2) is 24.3 Å². The number of amides is 1. The van der Waals surface area contributed by atoms with E-state index in [1.165, 1.54) is 23.5 Å². The maximum atomic E-state index is 13.1. The maximum absolute atomic E-state index is 13.1. The van der Waals surface area contributed by atoms with Gasteiger partial charge >= 0.3 is 0 Å². The lowest BCUT2D eigenvalue weighted by molar-refractivity contribution is -0.0210. The van der Waals surface area contributed by atoms with Crippen molar-refractivity contribution >= 4 is 17.2 Å². The van der Waals surface area contributed by atoms with Crippen molar-refractivity contribution in [3.8, 4) is 0 Å². The van der Waals surface area contributed by atoms with Crippen molar-refractivity contribution in [3.63, 3.8) is 0 Å². The Hall–Kier alpha value is -1.79. The lowest BCUT2D eigenvalue weighted by Gasteiger charge is -2.38. The van der Waals surface area contributed by atoms with Crippen LogP contribution in [0.25, 0.3) is 0 Å². The summed E-state index contributed by atoms with van der Waals surface area (Å²) < 4.78 is 13.1. The van der Waals surface area contributed by atoms with Gasteiger partial charge in [0.2, 0.25) is 0 Å². The molecule has 1 saturated heterocycles. The molecule has 25 heavy (non-hydrogen) atoms. The van der Waals surface area contributed by atoms with Crippen molar-refractivity contribution in [3.05, 3.63) is 51.2 Å². The third kappa shape index (κ3) is 3.60. The fraction of sp³-hybridized carbons (Fsp3) is 0.474. The van der Waals surface area contributed by atoms with Gasteiger partial charge in [0.25, 0.3) is 5.91 Å². The number of nitrogens with zero attached hydrogens (tertiary/aromatic N) is 2. The molecule has 1 aliphatic rings. The van der Waals surface area contributed by atoms with E-state index in [0.29, 0.717) is 42.3 Å². The summed E-state index contributed by atoms with van der Waals surface area (Å²) in [7, 11) is 0. The molecule has 1 aromatic carbocycles. The summed E-state index contributed by atoms with van der Waals surface area (Å²) >= 11 is 1.46. The molecule has 0 bridgehead atoms. The Morgan fingerprint density at radius 3 is 2.40 bits per heavy atom. The minimum Gasteiger partial charge on any atom is -0.385 e. The smallest absolute Gasteiger partial charge is 0.265 e. The van der Waals surface area contributed by atoms with Gasteiger partial charge < -0.3 is 10.0 Å². The second-order valence-electron chi connectivity index (χ2n) is 6.95. The normalized spacial score (nSPS) is 17.1. The van der Waals surface area contributed by atoms with Gasteiger partial charge in [0.15, 0.2) is 0 Å².